The fourth-order valence-electron chi connectivity index (χ4n) is 4.52. The Kier molecular flexibility index (Phi) is 4.76. The number of rotatable bonds is 4. The Morgan fingerprint density at radius 2 is 2.12 bits per heavy atom. The number of likely N-dealkylation sites (tertiary alicyclic amines) is 2. The molecule has 6 heteroatoms. The lowest BCUT2D eigenvalue weighted by atomic mass is 9.79. The standard InChI is InChI=1S/C20H27N5O/c1-23-13-18(12-22-23)14-24-9-6-20(15-24)5-3-8-25(16-20)19(26)10-17-4-2-7-21-11-17/h2,4,7,11-13H,3,5-6,8-10,14-16H2,1H3/t20-/m0/s1. The lowest BCUT2D eigenvalue weighted by molar-refractivity contribution is -0.133. The average molecular weight is 353 g/mol. The molecule has 2 fully saturated rings. The molecule has 0 bridgehead atoms. The number of hydrogen-bond acceptors (Lipinski definition) is 4. The van der Waals surface area contributed by atoms with Gasteiger partial charge in [0.2, 0.25) is 5.91 Å². The number of nitrogens with zero attached hydrogens (tertiary/aromatic N) is 5. The monoisotopic (exact) mass is 353 g/mol. The zero-order valence-electron chi connectivity index (χ0n) is 15.5. The van der Waals surface area contributed by atoms with Crippen LogP contribution in [0.25, 0.3) is 0 Å². The van der Waals surface area contributed by atoms with E-state index in [9.17, 15) is 4.79 Å². The Hall–Kier alpha value is -2.21. The van der Waals surface area contributed by atoms with Crippen molar-refractivity contribution in [3.05, 3.63) is 48.0 Å². The molecule has 0 radical (unpaired) electrons. The smallest absolute Gasteiger partial charge is 0.227 e. The summed E-state index contributed by atoms with van der Waals surface area (Å²) in [7, 11) is 1.96. The second kappa shape index (κ2) is 7.19. The van der Waals surface area contributed by atoms with E-state index < -0.39 is 0 Å². The van der Waals surface area contributed by atoms with Gasteiger partial charge in [0, 0.05) is 62.8 Å². The maximum absolute atomic E-state index is 12.8. The fraction of sp³-hybridized carbons (Fsp3) is 0.550. The summed E-state index contributed by atoms with van der Waals surface area (Å²) in [5.74, 6) is 0.239. The molecular formula is C20H27N5O. The summed E-state index contributed by atoms with van der Waals surface area (Å²) in [6, 6.07) is 3.88. The van der Waals surface area contributed by atoms with Crippen molar-refractivity contribution in [1.29, 1.82) is 0 Å². The normalized spacial score (nSPS) is 23.7. The number of aromatic nitrogens is 3. The molecule has 1 spiro atoms. The Morgan fingerprint density at radius 1 is 1.19 bits per heavy atom. The van der Waals surface area contributed by atoms with Crippen molar-refractivity contribution in [3.63, 3.8) is 0 Å². The number of pyridine rings is 1. The van der Waals surface area contributed by atoms with Gasteiger partial charge in [-0.05, 0) is 37.4 Å². The molecule has 2 aromatic heterocycles. The second-order valence-corrected chi connectivity index (χ2v) is 7.94. The summed E-state index contributed by atoms with van der Waals surface area (Å²) in [5, 5.41) is 4.27. The maximum atomic E-state index is 12.8. The summed E-state index contributed by atoms with van der Waals surface area (Å²) >= 11 is 0. The Bertz CT molecular complexity index is 759. The van der Waals surface area contributed by atoms with E-state index >= 15 is 0 Å². The quantitative estimate of drug-likeness (QED) is 0.842. The average Bonchev–Trinajstić information content (AvgIpc) is 3.22. The zero-order valence-corrected chi connectivity index (χ0v) is 15.5. The Balaban J connectivity index is 1.36. The van der Waals surface area contributed by atoms with Crippen molar-refractivity contribution in [2.75, 3.05) is 26.2 Å². The van der Waals surface area contributed by atoms with Gasteiger partial charge in [-0.25, -0.2) is 0 Å². The molecule has 2 aliphatic heterocycles. The van der Waals surface area contributed by atoms with Crippen LogP contribution in [-0.2, 0) is 24.8 Å². The maximum Gasteiger partial charge on any atom is 0.227 e. The van der Waals surface area contributed by atoms with Crippen molar-refractivity contribution in [3.8, 4) is 0 Å². The zero-order chi connectivity index (χ0) is 18.0. The topological polar surface area (TPSA) is 54.3 Å². The molecule has 0 aromatic carbocycles. The van der Waals surface area contributed by atoms with Gasteiger partial charge in [-0.2, -0.15) is 5.10 Å². The van der Waals surface area contributed by atoms with E-state index in [-0.39, 0.29) is 11.3 Å². The molecule has 2 saturated heterocycles. The molecule has 26 heavy (non-hydrogen) atoms. The van der Waals surface area contributed by atoms with Crippen molar-refractivity contribution in [2.45, 2.75) is 32.2 Å². The van der Waals surface area contributed by atoms with Gasteiger partial charge in [-0.1, -0.05) is 6.07 Å². The summed E-state index contributed by atoms with van der Waals surface area (Å²) in [4.78, 5) is 21.5. The summed E-state index contributed by atoms with van der Waals surface area (Å²) in [5.41, 5.74) is 2.54. The van der Waals surface area contributed by atoms with E-state index in [2.05, 4.69) is 26.1 Å². The number of aryl methyl sites for hydroxylation is 1. The van der Waals surface area contributed by atoms with Gasteiger partial charge in [0.05, 0.1) is 12.6 Å². The molecule has 2 aromatic rings. The third-order valence-corrected chi connectivity index (χ3v) is 5.77. The first-order chi connectivity index (χ1) is 12.6. The van der Waals surface area contributed by atoms with E-state index in [0.717, 1.165) is 44.7 Å². The molecule has 138 valence electrons. The Morgan fingerprint density at radius 3 is 2.88 bits per heavy atom. The lowest BCUT2D eigenvalue weighted by Crippen LogP contribution is -2.47. The van der Waals surface area contributed by atoms with Gasteiger partial charge in [-0.15, -0.1) is 0 Å². The fourth-order valence-corrected chi connectivity index (χ4v) is 4.52. The van der Waals surface area contributed by atoms with E-state index in [1.54, 1.807) is 12.4 Å². The molecule has 4 heterocycles. The highest BCUT2D eigenvalue weighted by Gasteiger charge is 2.42. The number of amides is 1. The number of carbonyl (C=O) groups excluding carboxylic acids is 1. The molecule has 1 atom stereocenters. The predicted molar refractivity (Wildman–Crippen MR) is 99.3 cm³/mol. The van der Waals surface area contributed by atoms with Crippen LogP contribution in [-0.4, -0.2) is 56.7 Å². The number of piperidine rings is 1. The van der Waals surface area contributed by atoms with E-state index in [4.69, 9.17) is 0 Å². The molecule has 0 N–H and O–H groups in total. The minimum absolute atomic E-state index is 0.239. The third-order valence-electron chi connectivity index (χ3n) is 5.77. The first-order valence-corrected chi connectivity index (χ1v) is 9.49. The first kappa shape index (κ1) is 17.2. The highest BCUT2D eigenvalue weighted by atomic mass is 16.2. The highest BCUT2D eigenvalue weighted by Crippen LogP contribution is 2.39. The van der Waals surface area contributed by atoms with Gasteiger partial charge >= 0.3 is 0 Å². The minimum atomic E-state index is 0.239. The van der Waals surface area contributed by atoms with Gasteiger partial charge in [0.1, 0.15) is 0 Å². The summed E-state index contributed by atoms with van der Waals surface area (Å²) in [6.45, 7) is 4.94. The summed E-state index contributed by atoms with van der Waals surface area (Å²) in [6.07, 6.45) is 11.6. The van der Waals surface area contributed by atoms with Gasteiger partial charge in [-0.3, -0.25) is 19.4 Å². The second-order valence-electron chi connectivity index (χ2n) is 7.94. The van der Waals surface area contributed by atoms with Crippen molar-refractivity contribution in [1.82, 2.24) is 24.6 Å². The van der Waals surface area contributed by atoms with Crippen molar-refractivity contribution >= 4 is 5.91 Å². The van der Waals surface area contributed by atoms with Crippen molar-refractivity contribution in [2.24, 2.45) is 12.5 Å². The highest BCUT2D eigenvalue weighted by molar-refractivity contribution is 5.78. The summed E-state index contributed by atoms with van der Waals surface area (Å²) < 4.78 is 1.86. The van der Waals surface area contributed by atoms with Crippen LogP contribution in [0.15, 0.2) is 36.9 Å². The molecule has 0 unspecified atom stereocenters. The molecule has 0 saturated carbocycles. The molecular weight excluding hydrogens is 326 g/mol. The lowest BCUT2D eigenvalue weighted by Gasteiger charge is -2.40. The van der Waals surface area contributed by atoms with Crippen LogP contribution in [0.1, 0.15) is 30.4 Å². The molecule has 2 aliphatic rings. The molecule has 4 rings (SSSR count). The van der Waals surface area contributed by atoms with Crippen LogP contribution in [0.4, 0.5) is 0 Å². The number of hydrogen-bond donors (Lipinski definition) is 0. The number of carbonyl (C=O) groups is 1. The van der Waals surface area contributed by atoms with E-state index in [1.165, 1.54) is 18.4 Å². The predicted octanol–water partition coefficient (Wildman–Crippen LogP) is 1.87. The Labute approximate surface area is 154 Å². The van der Waals surface area contributed by atoms with Crippen LogP contribution in [0.5, 0.6) is 0 Å². The van der Waals surface area contributed by atoms with Crippen LogP contribution in [0.3, 0.4) is 0 Å². The van der Waals surface area contributed by atoms with Gasteiger partial charge < -0.3 is 4.90 Å². The van der Waals surface area contributed by atoms with Crippen LogP contribution in [0.2, 0.25) is 0 Å². The third kappa shape index (κ3) is 3.80. The van der Waals surface area contributed by atoms with Crippen LogP contribution in [0, 0.1) is 5.41 Å². The largest absolute Gasteiger partial charge is 0.342 e. The SMILES string of the molecule is Cn1cc(CN2CC[C@@]3(CCCN(C(=O)Cc4cccnc4)C3)C2)cn1. The van der Waals surface area contributed by atoms with E-state index in [1.807, 2.05) is 30.1 Å². The van der Waals surface area contributed by atoms with Gasteiger partial charge in [0.15, 0.2) is 0 Å². The molecule has 0 aliphatic carbocycles. The van der Waals surface area contributed by atoms with Crippen LogP contribution < -0.4 is 0 Å². The minimum Gasteiger partial charge on any atom is -0.342 e. The molecule has 1 amide bonds. The van der Waals surface area contributed by atoms with Crippen LogP contribution >= 0.6 is 0 Å². The first-order valence-electron chi connectivity index (χ1n) is 9.49. The van der Waals surface area contributed by atoms with Gasteiger partial charge in [0.25, 0.3) is 0 Å². The van der Waals surface area contributed by atoms with E-state index in [0.29, 0.717) is 6.42 Å². The molecule has 6 nitrogen and oxygen atoms in total. The van der Waals surface area contributed by atoms with Crippen molar-refractivity contribution < 1.29 is 4.79 Å².